The molecule has 2 aromatic rings. The summed E-state index contributed by atoms with van der Waals surface area (Å²) in [6.45, 7) is 6.09. The van der Waals surface area contributed by atoms with Crippen LogP contribution in [0.25, 0.3) is 0 Å². The first-order valence-electron chi connectivity index (χ1n) is 6.90. The third-order valence-corrected chi connectivity index (χ3v) is 4.40. The van der Waals surface area contributed by atoms with Crippen LogP contribution in [0.5, 0.6) is 17.2 Å². The highest BCUT2D eigenvalue weighted by molar-refractivity contribution is 9.11. The first-order valence-corrected chi connectivity index (χ1v) is 8.49. The SMILES string of the molecule is CC(C)(C)c1cc(Oc2c(Br)cc(/C=N/O)cc2Br)ccc1O. The van der Waals surface area contributed by atoms with E-state index < -0.39 is 0 Å². The number of hydrogen-bond acceptors (Lipinski definition) is 4. The molecule has 0 saturated heterocycles. The lowest BCUT2D eigenvalue weighted by molar-refractivity contribution is 0.322. The molecule has 6 heteroatoms. The fourth-order valence-corrected chi connectivity index (χ4v) is 3.50. The van der Waals surface area contributed by atoms with Gasteiger partial charge in [-0.25, -0.2) is 0 Å². The molecule has 2 rings (SSSR count). The van der Waals surface area contributed by atoms with Gasteiger partial charge in [0.1, 0.15) is 11.5 Å². The third-order valence-electron chi connectivity index (χ3n) is 3.22. The molecule has 0 heterocycles. The Morgan fingerprint density at radius 3 is 2.22 bits per heavy atom. The van der Waals surface area contributed by atoms with E-state index in [0.717, 1.165) is 11.1 Å². The molecule has 0 unspecified atom stereocenters. The van der Waals surface area contributed by atoms with Crippen LogP contribution in [0.15, 0.2) is 44.4 Å². The molecule has 0 aliphatic rings. The lowest BCUT2D eigenvalue weighted by Gasteiger charge is -2.21. The average molecular weight is 443 g/mol. The van der Waals surface area contributed by atoms with Gasteiger partial charge < -0.3 is 15.1 Å². The first-order chi connectivity index (χ1) is 10.7. The van der Waals surface area contributed by atoms with Crippen LogP contribution in [-0.2, 0) is 5.41 Å². The minimum absolute atomic E-state index is 0.195. The lowest BCUT2D eigenvalue weighted by Crippen LogP contribution is -2.11. The van der Waals surface area contributed by atoms with Gasteiger partial charge in [-0.15, -0.1) is 0 Å². The average Bonchev–Trinajstić information content (AvgIpc) is 2.43. The van der Waals surface area contributed by atoms with Gasteiger partial charge in [-0.05, 0) is 73.2 Å². The fourth-order valence-electron chi connectivity index (χ4n) is 2.12. The second-order valence-corrected chi connectivity index (χ2v) is 7.80. The predicted molar refractivity (Wildman–Crippen MR) is 98.1 cm³/mol. The molecule has 0 bridgehead atoms. The second-order valence-electron chi connectivity index (χ2n) is 6.09. The maximum absolute atomic E-state index is 10.0. The van der Waals surface area contributed by atoms with Crippen molar-refractivity contribution in [2.45, 2.75) is 26.2 Å². The fraction of sp³-hybridized carbons (Fsp3) is 0.235. The largest absolute Gasteiger partial charge is 0.508 e. The number of phenolic OH excluding ortho intramolecular Hbond substituents is 1. The van der Waals surface area contributed by atoms with E-state index in [1.54, 1.807) is 24.3 Å². The zero-order valence-electron chi connectivity index (χ0n) is 13.0. The van der Waals surface area contributed by atoms with E-state index in [4.69, 9.17) is 9.94 Å². The van der Waals surface area contributed by atoms with Crippen molar-refractivity contribution in [2.75, 3.05) is 0 Å². The van der Waals surface area contributed by atoms with E-state index in [1.165, 1.54) is 6.21 Å². The molecule has 0 amide bonds. The van der Waals surface area contributed by atoms with Crippen LogP contribution < -0.4 is 4.74 Å². The van der Waals surface area contributed by atoms with Gasteiger partial charge in [0, 0.05) is 5.56 Å². The molecular weight excluding hydrogens is 426 g/mol. The minimum Gasteiger partial charge on any atom is -0.508 e. The van der Waals surface area contributed by atoms with Crippen LogP contribution in [0.4, 0.5) is 0 Å². The molecular formula is C17H17Br2NO3. The number of phenols is 1. The monoisotopic (exact) mass is 441 g/mol. The zero-order chi connectivity index (χ0) is 17.2. The van der Waals surface area contributed by atoms with Crippen LogP contribution in [-0.4, -0.2) is 16.5 Å². The Balaban J connectivity index is 2.40. The van der Waals surface area contributed by atoms with E-state index >= 15 is 0 Å². The molecule has 2 N–H and O–H groups in total. The summed E-state index contributed by atoms with van der Waals surface area (Å²) in [5.41, 5.74) is 1.34. The number of rotatable bonds is 3. The number of benzene rings is 2. The molecule has 0 fully saturated rings. The first kappa shape index (κ1) is 17.8. The Labute approximate surface area is 152 Å². The number of halogens is 2. The summed E-state index contributed by atoms with van der Waals surface area (Å²) < 4.78 is 7.38. The maximum atomic E-state index is 10.0. The predicted octanol–water partition coefficient (Wildman–Crippen LogP) is 5.82. The van der Waals surface area contributed by atoms with Crippen LogP contribution in [0.1, 0.15) is 31.9 Å². The van der Waals surface area contributed by atoms with E-state index in [-0.39, 0.29) is 11.2 Å². The van der Waals surface area contributed by atoms with Crippen LogP contribution in [0.2, 0.25) is 0 Å². The molecule has 23 heavy (non-hydrogen) atoms. The molecule has 122 valence electrons. The van der Waals surface area contributed by atoms with Crippen LogP contribution in [0.3, 0.4) is 0 Å². The van der Waals surface area contributed by atoms with E-state index in [0.29, 0.717) is 20.4 Å². The summed E-state index contributed by atoms with van der Waals surface area (Å²) in [4.78, 5) is 0. The van der Waals surface area contributed by atoms with E-state index in [9.17, 15) is 5.11 Å². The number of ether oxygens (including phenoxy) is 1. The number of nitrogens with zero attached hydrogens (tertiary/aromatic N) is 1. The van der Waals surface area contributed by atoms with Gasteiger partial charge in [0.05, 0.1) is 15.2 Å². The number of aromatic hydroxyl groups is 1. The molecule has 4 nitrogen and oxygen atoms in total. The highest BCUT2D eigenvalue weighted by atomic mass is 79.9. The van der Waals surface area contributed by atoms with Crippen LogP contribution >= 0.6 is 31.9 Å². The van der Waals surface area contributed by atoms with Gasteiger partial charge in [-0.3, -0.25) is 0 Å². The molecule has 0 spiro atoms. The molecule has 0 atom stereocenters. The smallest absolute Gasteiger partial charge is 0.155 e. The zero-order valence-corrected chi connectivity index (χ0v) is 16.1. The highest BCUT2D eigenvalue weighted by Crippen LogP contribution is 2.40. The van der Waals surface area contributed by atoms with Crippen molar-refractivity contribution < 1.29 is 15.1 Å². The molecule has 0 aliphatic heterocycles. The van der Waals surface area contributed by atoms with Crippen molar-refractivity contribution in [3.8, 4) is 17.2 Å². The van der Waals surface area contributed by atoms with Gasteiger partial charge in [0.15, 0.2) is 5.75 Å². The summed E-state index contributed by atoms with van der Waals surface area (Å²) in [6, 6.07) is 8.74. The van der Waals surface area contributed by atoms with Crippen molar-refractivity contribution in [1.29, 1.82) is 0 Å². The summed E-state index contributed by atoms with van der Waals surface area (Å²) in [5, 5.41) is 21.7. The summed E-state index contributed by atoms with van der Waals surface area (Å²) in [5.74, 6) is 1.47. The van der Waals surface area contributed by atoms with Gasteiger partial charge in [0.2, 0.25) is 0 Å². The second kappa shape index (κ2) is 6.93. The lowest BCUT2D eigenvalue weighted by atomic mass is 9.86. The Hall–Kier alpha value is -1.53. The summed E-state index contributed by atoms with van der Waals surface area (Å²) in [6.07, 6.45) is 1.33. The summed E-state index contributed by atoms with van der Waals surface area (Å²) >= 11 is 6.90. The highest BCUT2D eigenvalue weighted by Gasteiger charge is 2.19. The number of hydrogen-bond donors (Lipinski definition) is 2. The van der Waals surface area contributed by atoms with Crippen molar-refractivity contribution in [2.24, 2.45) is 5.16 Å². The minimum atomic E-state index is -0.195. The van der Waals surface area contributed by atoms with E-state index in [1.807, 2.05) is 26.8 Å². The van der Waals surface area contributed by atoms with Gasteiger partial charge in [0.25, 0.3) is 0 Å². The molecule has 0 radical (unpaired) electrons. The van der Waals surface area contributed by atoms with E-state index in [2.05, 4.69) is 37.0 Å². The number of oxime groups is 1. The van der Waals surface area contributed by atoms with Gasteiger partial charge >= 0.3 is 0 Å². The molecule has 0 aromatic heterocycles. The molecule has 0 aliphatic carbocycles. The summed E-state index contributed by atoms with van der Waals surface area (Å²) in [7, 11) is 0. The Morgan fingerprint density at radius 2 is 1.70 bits per heavy atom. The molecule has 0 saturated carbocycles. The Bertz CT molecular complexity index is 729. The van der Waals surface area contributed by atoms with Gasteiger partial charge in [-0.2, -0.15) is 0 Å². The van der Waals surface area contributed by atoms with Crippen molar-refractivity contribution in [1.82, 2.24) is 0 Å². The standard InChI is InChI=1S/C17H17Br2NO3/c1-17(2,3)12-8-11(4-5-15(12)21)23-16-13(18)6-10(9-20-22)7-14(16)19/h4-9,21-22H,1-3H3/b20-9+. The molecule has 2 aromatic carbocycles. The maximum Gasteiger partial charge on any atom is 0.155 e. The normalized spacial score (nSPS) is 11.9. The van der Waals surface area contributed by atoms with Crippen molar-refractivity contribution in [3.63, 3.8) is 0 Å². The van der Waals surface area contributed by atoms with Crippen molar-refractivity contribution in [3.05, 3.63) is 50.4 Å². The topological polar surface area (TPSA) is 62.0 Å². The van der Waals surface area contributed by atoms with Crippen LogP contribution in [0, 0.1) is 0 Å². The Morgan fingerprint density at radius 1 is 1.09 bits per heavy atom. The van der Waals surface area contributed by atoms with Crippen molar-refractivity contribution >= 4 is 38.1 Å². The van der Waals surface area contributed by atoms with Gasteiger partial charge in [-0.1, -0.05) is 25.9 Å². The third kappa shape index (κ3) is 4.26. The Kier molecular flexibility index (Phi) is 5.37. The quantitative estimate of drug-likeness (QED) is 0.358.